The number of nitrogens with zero attached hydrogens (tertiary/aromatic N) is 1. The SMILES string of the molecule is CN(CCC1CNCCC1CC(=O)O)c1ccc(F)cc1. The molecule has 0 saturated carbocycles. The van der Waals surface area contributed by atoms with Gasteiger partial charge in [-0.05, 0) is 62.0 Å². The summed E-state index contributed by atoms with van der Waals surface area (Å²) in [6.07, 6.45) is 2.13. The zero-order valence-corrected chi connectivity index (χ0v) is 12.4. The summed E-state index contributed by atoms with van der Waals surface area (Å²) in [6.45, 7) is 2.63. The molecule has 116 valence electrons. The zero-order valence-electron chi connectivity index (χ0n) is 12.4. The Kier molecular flexibility index (Phi) is 5.56. The molecular formula is C16H23FN2O2. The van der Waals surface area contributed by atoms with E-state index in [0.29, 0.717) is 5.92 Å². The Hall–Kier alpha value is -1.62. The Morgan fingerprint density at radius 1 is 1.38 bits per heavy atom. The van der Waals surface area contributed by atoms with Crippen LogP contribution in [0.3, 0.4) is 0 Å². The minimum Gasteiger partial charge on any atom is -0.481 e. The van der Waals surface area contributed by atoms with E-state index in [-0.39, 0.29) is 18.2 Å². The summed E-state index contributed by atoms with van der Waals surface area (Å²) in [4.78, 5) is 13.0. The second-order valence-corrected chi connectivity index (χ2v) is 5.80. The van der Waals surface area contributed by atoms with Crippen molar-refractivity contribution < 1.29 is 14.3 Å². The van der Waals surface area contributed by atoms with Crippen LogP contribution >= 0.6 is 0 Å². The maximum absolute atomic E-state index is 12.9. The second-order valence-electron chi connectivity index (χ2n) is 5.80. The summed E-state index contributed by atoms with van der Waals surface area (Å²) < 4.78 is 12.9. The second kappa shape index (κ2) is 7.41. The predicted molar refractivity (Wildman–Crippen MR) is 81.0 cm³/mol. The monoisotopic (exact) mass is 294 g/mol. The Balaban J connectivity index is 1.87. The van der Waals surface area contributed by atoms with Gasteiger partial charge in [-0.25, -0.2) is 4.39 Å². The van der Waals surface area contributed by atoms with Crippen LogP contribution < -0.4 is 10.2 Å². The third-order valence-electron chi connectivity index (χ3n) is 4.30. The maximum atomic E-state index is 12.9. The van der Waals surface area contributed by atoms with Gasteiger partial charge in [0, 0.05) is 25.7 Å². The van der Waals surface area contributed by atoms with Crippen molar-refractivity contribution >= 4 is 11.7 Å². The van der Waals surface area contributed by atoms with Crippen molar-refractivity contribution in [2.45, 2.75) is 19.3 Å². The minimum absolute atomic E-state index is 0.231. The van der Waals surface area contributed by atoms with Crippen molar-refractivity contribution in [3.05, 3.63) is 30.1 Å². The van der Waals surface area contributed by atoms with Crippen molar-refractivity contribution in [2.24, 2.45) is 11.8 Å². The van der Waals surface area contributed by atoms with Gasteiger partial charge in [0.2, 0.25) is 0 Å². The average molecular weight is 294 g/mol. The molecule has 0 bridgehead atoms. The molecule has 2 rings (SSSR count). The van der Waals surface area contributed by atoms with Gasteiger partial charge in [-0.15, -0.1) is 0 Å². The number of aliphatic carboxylic acids is 1. The van der Waals surface area contributed by atoms with Gasteiger partial charge in [-0.2, -0.15) is 0 Å². The van der Waals surface area contributed by atoms with E-state index < -0.39 is 5.97 Å². The molecule has 5 heteroatoms. The van der Waals surface area contributed by atoms with Crippen molar-refractivity contribution in [3.8, 4) is 0 Å². The smallest absolute Gasteiger partial charge is 0.303 e. The summed E-state index contributed by atoms with van der Waals surface area (Å²) in [5.41, 5.74) is 0.981. The molecule has 0 spiro atoms. The van der Waals surface area contributed by atoms with Crippen LogP contribution in [0.2, 0.25) is 0 Å². The summed E-state index contributed by atoms with van der Waals surface area (Å²) >= 11 is 0. The van der Waals surface area contributed by atoms with E-state index in [2.05, 4.69) is 10.2 Å². The topological polar surface area (TPSA) is 52.6 Å². The molecule has 0 aromatic heterocycles. The van der Waals surface area contributed by atoms with Gasteiger partial charge >= 0.3 is 5.97 Å². The highest BCUT2D eigenvalue weighted by atomic mass is 19.1. The first-order valence-corrected chi connectivity index (χ1v) is 7.45. The minimum atomic E-state index is -0.709. The van der Waals surface area contributed by atoms with Gasteiger partial charge in [-0.3, -0.25) is 4.79 Å². The van der Waals surface area contributed by atoms with Crippen LogP contribution in [-0.2, 0) is 4.79 Å². The Morgan fingerprint density at radius 2 is 2.10 bits per heavy atom. The zero-order chi connectivity index (χ0) is 15.2. The summed E-state index contributed by atoms with van der Waals surface area (Å²) in [6, 6.07) is 6.45. The first kappa shape index (κ1) is 15.8. The van der Waals surface area contributed by atoms with Gasteiger partial charge in [0.05, 0.1) is 0 Å². The van der Waals surface area contributed by atoms with Crippen LogP contribution in [0, 0.1) is 17.7 Å². The van der Waals surface area contributed by atoms with E-state index in [1.807, 2.05) is 7.05 Å². The van der Waals surface area contributed by atoms with E-state index in [1.54, 1.807) is 12.1 Å². The van der Waals surface area contributed by atoms with Gasteiger partial charge < -0.3 is 15.3 Å². The third kappa shape index (κ3) is 4.70. The Morgan fingerprint density at radius 3 is 2.76 bits per heavy atom. The van der Waals surface area contributed by atoms with Crippen molar-refractivity contribution in [2.75, 3.05) is 31.6 Å². The van der Waals surface area contributed by atoms with Gasteiger partial charge in [-0.1, -0.05) is 0 Å². The number of benzene rings is 1. The molecule has 1 aliphatic heterocycles. The molecular weight excluding hydrogens is 271 g/mol. The molecule has 0 aliphatic carbocycles. The van der Waals surface area contributed by atoms with Gasteiger partial charge in [0.25, 0.3) is 0 Å². The number of anilines is 1. The molecule has 4 nitrogen and oxygen atoms in total. The molecule has 1 heterocycles. The Bertz CT molecular complexity index is 464. The van der Waals surface area contributed by atoms with E-state index >= 15 is 0 Å². The lowest BCUT2D eigenvalue weighted by Crippen LogP contribution is -2.39. The number of hydrogen-bond donors (Lipinski definition) is 2. The van der Waals surface area contributed by atoms with Crippen molar-refractivity contribution in [1.82, 2.24) is 5.32 Å². The fourth-order valence-electron chi connectivity index (χ4n) is 2.99. The van der Waals surface area contributed by atoms with Gasteiger partial charge in [0.1, 0.15) is 5.82 Å². The number of carboxylic acids is 1. The van der Waals surface area contributed by atoms with Crippen LogP contribution in [0.5, 0.6) is 0 Å². The molecule has 1 aromatic rings. The molecule has 2 atom stereocenters. The third-order valence-corrected chi connectivity index (χ3v) is 4.30. The quantitative estimate of drug-likeness (QED) is 0.845. The fraction of sp³-hybridized carbons (Fsp3) is 0.562. The first-order chi connectivity index (χ1) is 10.1. The van der Waals surface area contributed by atoms with Crippen molar-refractivity contribution in [3.63, 3.8) is 0 Å². The van der Waals surface area contributed by atoms with E-state index in [0.717, 1.165) is 38.2 Å². The lowest BCUT2D eigenvalue weighted by atomic mass is 9.82. The molecule has 1 saturated heterocycles. The highest BCUT2D eigenvalue weighted by Crippen LogP contribution is 2.26. The predicted octanol–water partition coefficient (Wildman–Crippen LogP) is 2.35. The summed E-state index contributed by atoms with van der Waals surface area (Å²) in [7, 11) is 1.98. The lowest BCUT2D eigenvalue weighted by Gasteiger charge is -2.32. The van der Waals surface area contributed by atoms with E-state index in [4.69, 9.17) is 5.11 Å². The number of rotatable bonds is 6. The van der Waals surface area contributed by atoms with Crippen LogP contribution in [0.15, 0.2) is 24.3 Å². The number of carboxylic acid groups (broad SMARTS) is 1. The van der Waals surface area contributed by atoms with Gasteiger partial charge in [0.15, 0.2) is 0 Å². The molecule has 0 amide bonds. The number of carbonyl (C=O) groups is 1. The molecule has 1 aliphatic rings. The Labute approximate surface area is 125 Å². The molecule has 0 radical (unpaired) electrons. The standard InChI is InChI=1S/C16H23FN2O2/c1-19(15-4-2-14(17)3-5-15)9-7-13-11-18-8-6-12(13)10-16(20)21/h2-5,12-13,18H,6-11H2,1H3,(H,20,21). The number of hydrogen-bond acceptors (Lipinski definition) is 3. The molecule has 2 unspecified atom stereocenters. The summed E-state index contributed by atoms with van der Waals surface area (Å²) in [5.74, 6) is -0.299. The van der Waals surface area contributed by atoms with E-state index in [9.17, 15) is 9.18 Å². The number of piperidine rings is 1. The normalized spacial score (nSPS) is 22.0. The summed E-state index contributed by atoms with van der Waals surface area (Å²) in [5, 5.41) is 12.3. The van der Waals surface area contributed by atoms with E-state index in [1.165, 1.54) is 12.1 Å². The molecule has 21 heavy (non-hydrogen) atoms. The highest BCUT2D eigenvalue weighted by molar-refractivity contribution is 5.67. The highest BCUT2D eigenvalue weighted by Gasteiger charge is 2.26. The van der Waals surface area contributed by atoms with Crippen LogP contribution in [0.1, 0.15) is 19.3 Å². The average Bonchev–Trinajstić information content (AvgIpc) is 2.46. The fourth-order valence-corrected chi connectivity index (χ4v) is 2.99. The molecule has 1 aromatic carbocycles. The van der Waals surface area contributed by atoms with Crippen molar-refractivity contribution in [1.29, 1.82) is 0 Å². The van der Waals surface area contributed by atoms with Crippen LogP contribution in [0.25, 0.3) is 0 Å². The first-order valence-electron chi connectivity index (χ1n) is 7.45. The lowest BCUT2D eigenvalue weighted by molar-refractivity contribution is -0.138. The van der Waals surface area contributed by atoms with Crippen LogP contribution in [0.4, 0.5) is 10.1 Å². The molecule has 2 N–H and O–H groups in total. The number of halogens is 1. The number of nitrogens with one attached hydrogen (secondary N) is 1. The van der Waals surface area contributed by atoms with Crippen LogP contribution in [-0.4, -0.2) is 37.8 Å². The largest absolute Gasteiger partial charge is 0.481 e. The molecule has 1 fully saturated rings. The maximum Gasteiger partial charge on any atom is 0.303 e.